The Morgan fingerprint density at radius 3 is 2.66 bits per heavy atom. The normalized spacial score (nSPS) is 17.0. The fraction of sp³-hybridized carbons (Fsp3) is 0.400. The summed E-state index contributed by atoms with van der Waals surface area (Å²) in [5.74, 6) is 0.941. The van der Waals surface area contributed by atoms with Crippen molar-refractivity contribution < 1.29 is 9.64 Å². The van der Waals surface area contributed by atoms with Crippen molar-refractivity contribution in [3.8, 4) is 11.3 Å². The highest BCUT2D eigenvalue weighted by Crippen LogP contribution is 2.42. The Hall–Kier alpha value is -2.61. The van der Waals surface area contributed by atoms with Gasteiger partial charge in [-0.25, -0.2) is 15.0 Å². The molecule has 0 radical (unpaired) electrons. The van der Waals surface area contributed by atoms with Gasteiger partial charge in [-0.15, -0.1) is 11.3 Å². The highest BCUT2D eigenvalue weighted by Gasteiger charge is 2.24. The fourth-order valence-electron chi connectivity index (χ4n) is 5.09. The van der Waals surface area contributed by atoms with E-state index in [1.54, 1.807) is 22.6 Å². The molecule has 164 valence electrons. The molecule has 7 heteroatoms. The number of nitrogens with zero attached hydrogens (tertiary/aromatic N) is 3. The third-order valence-electron chi connectivity index (χ3n) is 6.74. The first-order valence-corrected chi connectivity index (χ1v) is 12.5. The number of pyridine rings is 1. The van der Waals surface area contributed by atoms with E-state index >= 15 is 0 Å². The lowest BCUT2D eigenvalue weighted by Gasteiger charge is -2.23. The van der Waals surface area contributed by atoms with Crippen LogP contribution < -0.4 is 10.2 Å². The molecule has 2 aliphatic rings. The molecule has 1 aliphatic carbocycles. The second kappa shape index (κ2) is 8.73. The van der Waals surface area contributed by atoms with Crippen LogP contribution in [0.2, 0.25) is 0 Å². The maximum atomic E-state index is 5.48. The van der Waals surface area contributed by atoms with Crippen LogP contribution in [0, 0.1) is 0 Å². The number of morpholine rings is 1. The molecule has 1 fully saturated rings. The Bertz CT molecular complexity index is 1250. The average Bonchev–Trinajstić information content (AvgIpc) is 3.24. The number of anilines is 1. The Labute approximate surface area is 191 Å². The van der Waals surface area contributed by atoms with Gasteiger partial charge in [-0.2, -0.15) is 0 Å². The number of aryl methyl sites for hydroxylation is 1. The number of benzene rings is 1. The van der Waals surface area contributed by atoms with Crippen LogP contribution >= 0.6 is 11.3 Å². The van der Waals surface area contributed by atoms with Gasteiger partial charge in [0.1, 0.15) is 30.1 Å². The van der Waals surface area contributed by atoms with Crippen LogP contribution in [0.1, 0.15) is 24.0 Å². The SMILES string of the molecule is c1ccc(-c2nc3sc4c(NCC[NH+]5CCOCC5)ncnc4c3c3c2CCCC3)cc1. The van der Waals surface area contributed by atoms with Gasteiger partial charge in [0.25, 0.3) is 0 Å². The molecule has 2 N–H and O–H groups in total. The molecule has 0 atom stereocenters. The van der Waals surface area contributed by atoms with E-state index in [1.807, 2.05) is 0 Å². The Morgan fingerprint density at radius 2 is 1.81 bits per heavy atom. The van der Waals surface area contributed by atoms with E-state index in [9.17, 15) is 0 Å². The van der Waals surface area contributed by atoms with E-state index in [0.29, 0.717) is 0 Å². The van der Waals surface area contributed by atoms with Gasteiger partial charge in [0.05, 0.1) is 42.2 Å². The molecule has 1 saturated heterocycles. The number of hydrogen-bond acceptors (Lipinski definition) is 6. The summed E-state index contributed by atoms with van der Waals surface area (Å²) in [6.45, 7) is 5.88. The lowest BCUT2D eigenvalue weighted by Crippen LogP contribution is -3.14. The van der Waals surface area contributed by atoms with Gasteiger partial charge in [-0.3, -0.25) is 0 Å². The van der Waals surface area contributed by atoms with Crippen LogP contribution in [0.15, 0.2) is 36.7 Å². The van der Waals surface area contributed by atoms with Crippen molar-refractivity contribution in [1.82, 2.24) is 15.0 Å². The highest BCUT2D eigenvalue weighted by molar-refractivity contribution is 7.26. The van der Waals surface area contributed by atoms with Crippen LogP contribution in [0.5, 0.6) is 0 Å². The number of hydrogen-bond donors (Lipinski definition) is 2. The predicted octanol–water partition coefficient (Wildman–Crippen LogP) is 3.11. The van der Waals surface area contributed by atoms with E-state index in [4.69, 9.17) is 14.7 Å². The maximum Gasteiger partial charge on any atom is 0.147 e. The summed E-state index contributed by atoms with van der Waals surface area (Å²) in [6.07, 6.45) is 6.37. The van der Waals surface area contributed by atoms with E-state index in [1.165, 1.54) is 34.9 Å². The molecule has 0 unspecified atom stereocenters. The second-order valence-corrected chi connectivity index (χ2v) is 9.71. The topological polar surface area (TPSA) is 64.4 Å². The van der Waals surface area contributed by atoms with Crippen molar-refractivity contribution in [2.24, 2.45) is 0 Å². The van der Waals surface area contributed by atoms with Crippen LogP contribution in [0.4, 0.5) is 5.82 Å². The first kappa shape index (κ1) is 20.0. The van der Waals surface area contributed by atoms with Gasteiger partial charge in [-0.05, 0) is 36.8 Å². The Balaban J connectivity index is 1.41. The molecular formula is C25H28N5OS+. The molecule has 32 heavy (non-hydrogen) atoms. The molecule has 3 aromatic heterocycles. The molecule has 6 rings (SSSR count). The highest BCUT2D eigenvalue weighted by atomic mass is 32.1. The van der Waals surface area contributed by atoms with E-state index < -0.39 is 0 Å². The van der Waals surface area contributed by atoms with Crippen molar-refractivity contribution >= 4 is 37.6 Å². The summed E-state index contributed by atoms with van der Waals surface area (Å²) in [5, 5.41) is 4.85. The smallest absolute Gasteiger partial charge is 0.147 e. The summed E-state index contributed by atoms with van der Waals surface area (Å²) < 4.78 is 6.61. The molecular weight excluding hydrogens is 418 g/mol. The quantitative estimate of drug-likeness (QED) is 0.493. The molecule has 4 heterocycles. The summed E-state index contributed by atoms with van der Waals surface area (Å²) in [7, 11) is 0. The number of fused-ring (bicyclic) bond motifs is 5. The van der Waals surface area contributed by atoms with Crippen LogP contribution in [0.25, 0.3) is 31.7 Å². The zero-order valence-corrected chi connectivity index (χ0v) is 19.0. The van der Waals surface area contributed by atoms with E-state index in [2.05, 4.69) is 40.6 Å². The van der Waals surface area contributed by atoms with Crippen molar-refractivity contribution in [2.75, 3.05) is 44.7 Å². The minimum absolute atomic E-state index is 0.865. The molecule has 0 bridgehead atoms. The van der Waals surface area contributed by atoms with Crippen molar-refractivity contribution in [2.45, 2.75) is 25.7 Å². The lowest BCUT2D eigenvalue weighted by atomic mass is 9.87. The monoisotopic (exact) mass is 446 g/mol. The number of aromatic nitrogens is 3. The second-order valence-electron chi connectivity index (χ2n) is 8.71. The zero-order chi connectivity index (χ0) is 21.3. The molecule has 1 aromatic carbocycles. The molecule has 0 saturated carbocycles. The molecule has 4 aromatic rings. The number of quaternary nitrogens is 1. The van der Waals surface area contributed by atoms with Crippen LogP contribution in [-0.4, -0.2) is 54.3 Å². The van der Waals surface area contributed by atoms with E-state index in [-0.39, 0.29) is 0 Å². The molecule has 0 spiro atoms. The van der Waals surface area contributed by atoms with Gasteiger partial charge in [0.15, 0.2) is 0 Å². The largest absolute Gasteiger partial charge is 0.370 e. The first-order valence-electron chi connectivity index (χ1n) is 11.7. The first-order chi connectivity index (χ1) is 15.9. The Morgan fingerprint density at radius 1 is 1.00 bits per heavy atom. The van der Waals surface area contributed by atoms with Gasteiger partial charge in [0, 0.05) is 10.9 Å². The van der Waals surface area contributed by atoms with Crippen molar-refractivity contribution in [3.63, 3.8) is 0 Å². The van der Waals surface area contributed by atoms with Gasteiger partial charge < -0.3 is 15.0 Å². The van der Waals surface area contributed by atoms with Gasteiger partial charge in [-0.1, -0.05) is 30.3 Å². The number of thiophene rings is 1. The van der Waals surface area contributed by atoms with Crippen molar-refractivity contribution in [1.29, 1.82) is 0 Å². The summed E-state index contributed by atoms with van der Waals surface area (Å²) >= 11 is 1.73. The molecule has 0 amide bonds. The van der Waals surface area contributed by atoms with Gasteiger partial charge >= 0.3 is 0 Å². The third kappa shape index (κ3) is 3.64. The fourth-order valence-corrected chi connectivity index (χ4v) is 6.21. The predicted molar refractivity (Wildman–Crippen MR) is 130 cm³/mol. The summed E-state index contributed by atoms with van der Waals surface area (Å²) in [6, 6.07) is 10.6. The number of ether oxygens (including phenoxy) is 1. The lowest BCUT2D eigenvalue weighted by molar-refractivity contribution is -0.906. The zero-order valence-electron chi connectivity index (χ0n) is 18.2. The van der Waals surface area contributed by atoms with Crippen molar-refractivity contribution in [3.05, 3.63) is 47.8 Å². The maximum absolute atomic E-state index is 5.48. The molecule has 6 nitrogen and oxygen atoms in total. The van der Waals surface area contributed by atoms with Gasteiger partial charge in [0.2, 0.25) is 0 Å². The number of nitrogens with one attached hydrogen (secondary N) is 2. The number of rotatable bonds is 5. The standard InChI is InChI=1S/C25H27N5OS/c1-2-6-17(7-3-1)21-19-9-5-4-8-18(19)20-22-23(32-25(20)29-21)24(28-16-27-22)26-10-11-30-12-14-31-15-13-30/h1-3,6-7,16H,4-5,8-15H2,(H,26,27,28)/p+1. The molecule has 1 aliphatic heterocycles. The Kier molecular flexibility index (Phi) is 5.46. The average molecular weight is 447 g/mol. The summed E-state index contributed by atoms with van der Waals surface area (Å²) in [4.78, 5) is 17.2. The third-order valence-corrected chi connectivity index (χ3v) is 7.82. The van der Waals surface area contributed by atoms with Crippen LogP contribution in [0.3, 0.4) is 0 Å². The van der Waals surface area contributed by atoms with Crippen LogP contribution in [-0.2, 0) is 17.6 Å². The van der Waals surface area contributed by atoms with E-state index in [0.717, 1.165) is 78.8 Å². The minimum atomic E-state index is 0.865. The summed E-state index contributed by atoms with van der Waals surface area (Å²) in [5.41, 5.74) is 6.29. The minimum Gasteiger partial charge on any atom is -0.370 e.